The third kappa shape index (κ3) is 1.72. The average molecular weight is 219 g/mol. The van der Waals surface area contributed by atoms with Crippen LogP contribution in [0, 0.1) is 0 Å². The van der Waals surface area contributed by atoms with Crippen molar-refractivity contribution < 1.29 is 9.84 Å². The minimum Gasteiger partial charge on any atom is -0.495 e. The summed E-state index contributed by atoms with van der Waals surface area (Å²) in [5.41, 5.74) is 7.52. The van der Waals surface area contributed by atoms with Crippen molar-refractivity contribution in [2.75, 3.05) is 12.8 Å². The van der Waals surface area contributed by atoms with E-state index in [1.165, 1.54) is 7.11 Å². The Balaban J connectivity index is 2.41. The zero-order valence-electron chi connectivity index (χ0n) is 8.84. The molecule has 0 spiro atoms. The number of aromatic amines is 1. The summed E-state index contributed by atoms with van der Waals surface area (Å²) in [7, 11) is 1.54. The number of aliphatic hydroxyl groups excluding tert-OH is 1. The maximum atomic E-state index is 10.1. The lowest BCUT2D eigenvalue weighted by atomic mass is 10.0. The van der Waals surface area contributed by atoms with E-state index < -0.39 is 6.10 Å². The van der Waals surface area contributed by atoms with Crippen LogP contribution >= 0.6 is 0 Å². The van der Waals surface area contributed by atoms with Crippen molar-refractivity contribution in [2.24, 2.45) is 0 Å². The molecule has 0 aliphatic heterocycles. The molecule has 1 aromatic heterocycles. The highest BCUT2D eigenvalue weighted by atomic mass is 16.5. The standard InChI is InChI=1S/C11H13N3O2/c1-16-9-4-2-3-7(10(9)12)11(15)8-5-6-13-14-8/h2-6,11,15H,12H2,1H3,(H,13,14). The number of hydrogen-bond acceptors (Lipinski definition) is 4. The SMILES string of the molecule is COc1cccc(C(O)c2ccn[nH]2)c1N. The van der Waals surface area contributed by atoms with Crippen molar-refractivity contribution in [1.82, 2.24) is 10.2 Å². The molecule has 2 rings (SSSR count). The maximum absolute atomic E-state index is 10.1. The van der Waals surface area contributed by atoms with E-state index in [1.54, 1.807) is 30.5 Å². The van der Waals surface area contributed by atoms with Crippen LogP contribution in [0.2, 0.25) is 0 Å². The molecular weight excluding hydrogens is 206 g/mol. The molecule has 4 N–H and O–H groups in total. The number of ether oxygens (including phenoxy) is 1. The number of methoxy groups -OCH3 is 1. The van der Waals surface area contributed by atoms with Gasteiger partial charge in [0.25, 0.3) is 0 Å². The molecule has 2 aromatic rings. The predicted octanol–water partition coefficient (Wildman–Crippen LogP) is 1.08. The van der Waals surface area contributed by atoms with Crippen LogP contribution in [0.3, 0.4) is 0 Å². The number of nitrogens with one attached hydrogen (secondary N) is 1. The molecule has 5 nitrogen and oxygen atoms in total. The minimum absolute atomic E-state index is 0.437. The summed E-state index contributed by atoms with van der Waals surface area (Å²) in [5, 5.41) is 16.6. The Morgan fingerprint density at radius 2 is 2.25 bits per heavy atom. The Morgan fingerprint density at radius 1 is 1.44 bits per heavy atom. The third-order valence-electron chi connectivity index (χ3n) is 2.43. The van der Waals surface area contributed by atoms with Gasteiger partial charge >= 0.3 is 0 Å². The maximum Gasteiger partial charge on any atom is 0.142 e. The zero-order chi connectivity index (χ0) is 11.5. The smallest absolute Gasteiger partial charge is 0.142 e. The average Bonchev–Trinajstić information content (AvgIpc) is 2.82. The first-order valence-electron chi connectivity index (χ1n) is 4.83. The van der Waals surface area contributed by atoms with Crippen LogP contribution in [0.15, 0.2) is 30.5 Å². The lowest BCUT2D eigenvalue weighted by Gasteiger charge is -2.14. The van der Waals surface area contributed by atoms with E-state index in [0.29, 0.717) is 22.7 Å². The number of nitrogen functional groups attached to an aromatic ring is 1. The van der Waals surface area contributed by atoms with Gasteiger partial charge in [-0.1, -0.05) is 12.1 Å². The molecule has 1 heterocycles. The Labute approximate surface area is 92.9 Å². The summed E-state index contributed by atoms with van der Waals surface area (Å²) in [6, 6.07) is 6.98. The van der Waals surface area contributed by atoms with Crippen LogP contribution in [0.1, 0.15) is 17.4 Å². The Hall–Kier alpha value is -2.01. The highest BCUT2D eigenvalue weighted by Gasteiger charge is 2.16. The van der Waals surface area contributed by atoms with Gasteiger partial charge < -0.3 is 15.6 Å². The quantitative estimate of drug-likeness (QED) is 0.674. The van der Waals surface area contributed by atoms with Gasteiger partial charge in [-0.25, -0.2) is 0 Å². The largest absolute Gasteiger partial charge is 0.495 e. The molecule has 0 saturated heterocycles. The van der Waals surface area contributed by atoms with Crippen LogP contribution in [0.25, 0.3) is 0 Å². The molecular formula is C11H13N3O2. The van der Waals surface area contributed by atoms with E-state index in [4.69, 9.17) is 10.5 Å². The molecule has 0 aliphatic rings. The van der Waals surface area contributed by atoms with Crippen LogP contribution in [0.5, 0.6) is 5.75 Å². The van der Waals surface area contributed by atoms with E-state index in [0.717, 1.165) is 0 Å². The van der Waals surface area contributed by atoms with Crippen molar-refractivity contribution in [3.05, 3.63) is 41.7 Å². The number of aliphatic hydroxyl groups is 1. The van der Waals surface area contributed by atoms with Gasteiger partial charge in [-0.2, -0.15) is 5.10 Å². The Kier molecular flexibility index (Phi) is 2.78. The van der Waals surface area contributed by atoms with E-state index >= 15 is 0 Å². The fourth-order valence-electron chi connectivity index (χ4n) is 1.56. The summed E-state index contributed by atoms with van der Waals surface area (Å²) in [6.45, 7) is 0. The van der Waals surface area contributed by atoms with Crippen LogP contribution < -0.4 is 10.5 Å². The molecule has 0 aliphatic carbocycles. The first kappa shape index (κ1) is 10.5. The second-order valence-corrected chi connectivity index (χ2v) is 3.38. The highest BCUT2D eigenvalue weighted by molar-refractivity contribution is 5.60. The van der Waals surface area contributed by atoms with Gasteiger partial charge in [0, 0.05) is 11.8 Å². The Morgan fingerprint density at radius 3 is 2.88 bits per heavy atom. The molecule has 1 aromatic carbocycles. The van der Waals surface area contributed by atoms with Crippen molar-refractivity contribution >= 4 is 5.69 Å². The van der Waals surface area contributed by atoms with E-state index in [-0.39, 0.29) is 0 Å². The Bertz CT molecular complexity index is 468. The van der Waals surface area contributed by atoms with Crippen LogP contribution in [-0.4, -0.2) is 22.4 Å². The van der Waals surface area contributed by atoms with Crippen LogP contribution in [-0.2, 0) is 0 Å². The predicted molar refractivity (Wildman–Crippen MR) is 60.1 cm³/mol. The number of aromatic nitrogens is 2. The molecule has 1 atom stereocenters. The lowest BCUT2D eigenvalue weighted by Crippen LogP contribution is -2.05. The van der Waals surface area contributed by atoms with Gasteiger partial charge in [0.2, 0.25) is 0 Å². The number of benzene rings is 1. The third-order valence-corrected chi connectivity index (χ3v) is 2.43. The minimum atomic E-state index is -0.822. The number of nitrogens with zero attached hydrogens (tertiary/aromatic N) is 1. The van der Waals surface area contributed by atoms with Crippen molar-refractivity contribution in [3.8, 4) is 5.75 Å². The molecule has 0 fully saturated rings. The van der Waals surface area contributed by atoms with Gasteiger partial charge in [0.15, 0.2) is 0 Å². The number of rotatable bonds is 3. The second-order valence-electron chi connectivity index (χ2n) is 3.38. The van der Waals surface area contributed by atoms with Crippen LogP contribution in [0.4, 0.5) is 5.69 Å². The monoisotopic (exact) mass is 219 g/mol. The summed E-state index contributed by atoms with van der Waals surface area (Å²) in [4.78, 5) is 0. The normalized spacial score (nSPS) is 12.4. The van der Waals surface area contributed by atoms with Gasteiger partial charge in [-0.05, 0) is 12.1 Å². The summed E-state index contributed by atoms with van der Waals surface area (Å²) >= 11 is 0. The second kappa shape index (κ2) is 4.24. The van der Waals surface area contributed by atoms with Crippen molar-refractivity contribution in [3.63, 3.8) is 0 Å². The molecule has 1 unspecified atom stereocenters. The topological polar surface area (TPSA) is 84.2 Å². The van der Waals surface area contributed by atoms with E-state index in [2.05, 4.69) is 10.2 Å². The van der Waals surface area contributed by atoms with Gasteiger partial charge in [-0.3, -0.25) is 5.10 Å². The number of hydrogen-bond donors (Lipinski definition) is 3. The van der Waals surface area contributed by atoms with Crippen molar-refractivity contribution in [2.45, 2.75) is 6.10 Å². The van der Waals surface area contributed by atoms with Crippen molar-refractivity contribution in [1.29, 1.82) is 0 Å². The molecule has 5 heteroatoms. The summed E-state index contributed by atoms with van der Waals surface area (Å²) < 4.78 is 5.09. The van der Waals surface area contributed by atoms with Gasteiger partial charge in [0.05, 0.1) is 18.5 Å². The lowest BCUT2D eigenvalue weighted by molar-refractivity contribution is 0.215. The molecule has 0 radical (unpaired) electrons. The summed E-state index contributed by atoms with van der Waals surface area (Å²) in [5.74, 6) is 0.552. The molecule has 16 heavy (non-hydrogen) atoms. The van der Waals surface area contributed by atoms with Gasteiger partial charge in [-0.15, -0.1) is 0 Å². The highest BCUT2D eigenvalue weighted by Crippen LogP contribution is 2.31. The molecule has 84 valence electrons. The van der Waals surface area contributed by atoms with Gasteiger partial charge in [0.1, 0.15) is 11.9 Å². The molecule has 0 amide bonds. The fraction of sp³-hybridized carbons (Fsp3) is 0.182. The number of H-pyrrole nitrogens is 1. The molecule has 0 bridgehead atoms. The fourth-order valence-corrected chi connectivity index (χ4v) is 1.56. The summed E-state index contributed by atoms with van der Waals surface area (Å²) in [6.07, 6.45) is 0.757. The van der Waals surface area contributed by atoms with E-state index in [1.807, 2.05) is 0 Å². The number of para-hydroxylation sites is 1. The number of anilines is 1. The first-order valence-corrected chi connectivity index (χ1v) is 4.83. The zero-order valence-corrected chi connectivity index (χ0v) is 8.84. The molecule has 0 saturated carbocycles. The first-order chi connectivity index (χ1) is 7.74. The number of nitrogens with two attached hydrogens (primary N) is 1. The van der Waals surface area contributed by atoms with E-state index in [9.17, 15) is 5.11 Å².